The number of pyridine rings is 1. The van der Waals surface area contributed by atoms with Crippen molar-refractivity contribution in [2.75, 3.05) is 20.6 Å². The van der Waals surface area contributed by atoms with Crippen LogP contribution in [0.2, 0.25) is 0 Å². The Morgan fingerprint density at radius 3 is 2.58 bits per heavy atom. The lowest BCUT2D eigenvalue weighted by atomic mass is 10.0. The topological polar surface area (TPSA) is 54.3 Å². The first-order chi connectivity index (χ1) is 8.84. The number of amides is 1. The largest absolute Gasteiger partial charge is 0.350 e. The molecule has 1 N–H and O–H groups in total. The minimum absolute atomic E-state index is 0.186. The summed E-state index contributed by atoms with van der Waals surface area (Å²) in [6.07, 6.45) is 1.63. The first-order valence-corrected chi connectivity index (χ1v) is 6.45. The van der Waals surface area contributed by atoms with Crippen LogP contribution in [0.3, 0.4) is 0 Å². The zero-order valence-corrected chi connectivity index (χ0v) is 12.3. The van der Waals surface area contributed by atoms with Gasteiger partial charge in [0.2, 0.25) is 0 Å². The summed E-state index contributed by atoms with van der Waals surface area (Å²) < 4.78 is 1.40. The highest BCUT2D eigenvalue weighted by atomic mass is 16.2. The average molecular weight is 265 g/mol. The van der Waals surface area contributed by atoms with Crippen LogP contribution in [0.15, 0.2) is 23.1 Å². The van der Waals surface area contributed by atoms with Crippen molar-refractivity contribution in [2.45, 2.75) is 19.9 Å². The summed E-state index contributed by atoms with van der Waals surface area (Å²) in [7, 11) is 5.60. The van der Waals surface area contributed by atoms with Crippen molar-refractivity contribution in [3.05, 3.63) is 34.2 Å². The molecule has 0 aromatic carbocycles. The second-order valence-corrected chi connectivity index (χ2v) is 5.32. The molecule has 0 radical (unpaired) electrons. The van der Waals surface area contributed by atoms with E-state index < -0.39 is 0 Å². The lowest BCUT2D eigenvalue weighted by Crippen LogP contribution is -2.44. The van der Waals surface area contributed by atoms with Crippen LogP contribution in [0.25, 0.3) is 0 Å². The second kappa shape index (κ2) is 6.52. The SMILES string of the molecule is CC(C)[C@H](CNC(=O)c1cccn(C)c1=O)N(C)C. The molecule has 0 saturated heterocycles. The summed E-state index contributed by atoms with van der Waals surface area (Å²) in [6.45, 7) is 4.75. The zero-order chi connectivity index (χ0) is 14.6. The van der Waals surface area contributed by atoms with Crippen LogP contribution >= 0.6 is 0 Å². The van der Waals surface area contributed by atoms with Gasteiger partial charge >= 0.3 is 0 Å². The Hall–Kier alpha value is -1.62. The highest BCUT2D eigenvalue weighted by Gasteiger charge is 2.18. The molecule has 0 fully saturated rings. The van der Waals surface area contributed by atoms with Crippen molar-refractivity contribution >= 4 is 5.91 Å². The maximum absolute atomic E-state index is 12.0. The number of carbonyl (C=O) groups is 1. The number of aryl methyl sites for hydroxylation is 1. The van der Waals surface area contributed by atoms with E-state index in [0.717, 1.165) is 0 Å². The van der Waals surface area contributed by atoms with Crippen LogP contribution in [0.5, 0.6) is 0 Å². The van der Waals surface area contributed by atoms with Gasteiger partial charge in [0.15, 0.2) is 0 Å². The molecule has 0 unspecified atom stereocenters. The third kappa shape index (κ3) is 3.92. The standard InChI is InChI=1S/C14H23N3O2/c1-10(2)12(16(3)4)9-15-13(18)11-7-6-8-17(5)14(11)19/h6-8,10,12H,9H2,1-5H3,(H,15,18)/t12-/m0/s1. The molecule has 106 valence electrons. The summed E-state index contributed by atoms with van der Waals surface area (Å²) in [5, 5.41) is 2.84. The second-order valence-electron chi connectivity index (χ2n) is 5.32. The maximum Gasteiger partial charge on any atom is 0.263 e. The highest BCUT2D eigenvalue weighted by molar-refractivity contribution is 5.93. The molecule has 5 nitrogen and oxygen atoms in total. The summed E-state index contributed by atoms with van der Waals surface area (Å²) in [6, 6.07) is 3.50. The normalized spacial score (nSPS) is 12.8. The molecule has 0 aliphatic heterocycles. The van der Waals surface area contributed by atoms with E-state index in [1.807, 2.05) is 14.1 Å². The number of nitrogens with zero attached hydrogens (tertiary/aromatic N) is 2. The Kier molecular flexibility index (Phi) is 5.30. The van der Waals surface area contributed by atoms with E-state index >= 15 is 0 Å². The molecule has 1 atom stereocenters. The van der Waals surface area contributed by atoms with Crippen LogP contribution < -0.4 is 10.9 Å². The number of hydrogen-bond acceptors (Lipinski definition) is 3. The van der Waals surface area contributed by atoms with Crippen LogP contribution in [0, 0.1) is 5.92 Å². The molecule has 1 aromatic heterocycles. The highest BCUT2D eigenvalue weighted by Crippen LogP contribution is 2.06. The van der Waals surface area contributed by atoms with Crippen molar-refractivity contribution in [1.82, 2.24) is 14.8 Å². The molecule has 19 heavy (non-hydrogen) atoms. The lowest BCUT2D eigenvalue weighted by Gasteiger charge is -2.28. The molecular weight excluding hydrogens is 242 g/mol. The van der Waals surface area contributed by atoms with E-state index in [9.17, 15) is 9.59 Å². The Balaban J connectivity index is 2.75. The molecule has 0 aliphatic rings. The quantitative estimate of drug-likeness (QED) is 0.852. The Morgan fingerprint density at radius 1 is 1.42 bits per heavy atom. The van der Waals surface area contributed by atoms with E-state index in [1.165, 1.54) is 4.57 Å². The minimum atomic E-state index is -0.311. The van der Waals surface area contributed by atoms with Gasteiger partial charge in [0, 0.05) is 25.8 Å². The summed E-state index contributed by atoms with van der Waals surface area (Å²) in [4.78, 5) is 25.9. The van der Waals surface area contributed by atoms with Crippen molar-refractivity contribution in [3.63, 3.8) is 0 Å². The number of likely N-dealkylation sites (N-methyl/N-ethyl adjacent to an activating group) is 1. The molecular formula is C14H23N3O2. The number of aromatic nitrogens is 1. The molecule has 0 bridgehead atoms. The van der Waals surface area contributed by atoms with Gasteiger partial charge in [0.05, 0.1) is 0 Å². The number of nitrogens with one attached hydrogen (secondary N) is 1. The lowest BCUT2D eigenvalue weighted by molar-refractivity contribution is 0.0932. The zero-order valence-electron chi connectivity index (χ0n) is 12.3. The first-order valence-electron chi connectivity index (χ1n) is 6.45. The predicted octanol–water partition coefficient (Wildman–Crippen LogP) is 0.701. The predicted molar refractivity (Wildman–Crippen MR) is 76.3 cm³/mol. The van der Waals surface area contributed by atoms with Gasteiger partial charge in [-0.3, -0.25) is 9.59 Å². The molecule has 1 amide bonds. The van der Waals surface area contributed by atoms with Gasteiger partial charge in [0.25, 0.3) is 11.5 Å². The Bertz CT molecular complexity index is 484. The van der Waals surface area contributed by atoms with Gasteiger partial charge in [-0.05, 0) is 32.1 Å². The summed E-state index contributed by atoms with van der Waals surface area (Å²) in [5.41, 5.74) is -0.0859. The molecule has 0 saturated carbocycles. The fourth-order valence-corrected chi connectivity index (χ4v) is 2.08. The fourth-order valence-electron chi connectivity index (χ4n) is 2.08. The Labute approximate surface area is 114 Å². The first kappa shape index (κ1) is 15.4. The third-order valence-corrected chi connectivity index (χ3v) is 3.27. The van der Waals surface area contributed by atoms with Gasteiger partial charge in [0.1, 0.15) is 5.56 Å². The minimum Gasteiger partial charge on any atom is -0.350 e. The number of rotatable bonds is 5. The molecule has 1 rings (SSSR count). The van der Waals surface area contributed by atoms with Crippen LogP contribution in [-0.2, 0) is 7.05 Å². The van der Waals surface area contributed by atoms with Crippen LogP contribution in [-0.4, -0.2) is 42.1 Å². The third-order valence-electron chi connectivity index (χ3n) is 3.27. The van der Waals surface area contributed by atoms with Crippen LogP contribution in [0.1, 0.15) is 24.2 Å². The van der Waals surface area contributed by atoms with Gasteiger partial charge in [-0.2, -0.15) is 0 Å². The van der Waals surface area contributed by atoms with Gasteiger partial charge in [-0.25, -0.2) is 0 Å². The van der Waals surface area contributed by atoms with Gasteiger partial charge in [-0.1, -0.05) is 13.8 Å². The maximum atomic E-state index is 12.0. The van der Waals surface area contributed by atoms with E-state index in [4.69, 9.17) is 0 Å². The molecule has 0 aliphatic carbocycles. The van der Waals surface area contributed by atoms with Crippen molar-refractivity contribution in [2.24, 2.45) is 13.0 Å². The number of carbonyl (C=O) groups excluding carboxylic acids is 1. The molecule has 0 spiro atoms. The van der Waals surface area contributed by atoms with E-state index in [0.29, 0.717) is 12.5 Å². The molecule has 1 aromatic rings. The van der Waals surface area contributed by atoms with E-state index in [-0.39, 0.29) is 23.1 Å². The van der Waals surface area contributed by atoms with Gasteiger partial charge in [-0.15, -0.1) is 0 Å². The average Bonchev–Trinajstić information content (AvgIpc) is 2.31. The number of hydrogen-bond donors (Lipinski definition) is 1. The molecule has 5 heteroatoms. The van der Waals surface area contributed by atoms with Crippen molar-refractivity contribution in [3.8, 4) is 0 Å². The van der Waals surface area contributed by atoms with Crippen molar-refractivity contribution in [1.29, 1.82) is 0 Å². The van der Waals surface area contributed by atoms with E-state index in [2.05, 4.69) is 24.1 Å². The van der Waals surface area contributed by atoms with Gasteiger partial charge < -0.3 is 14.8 Å². The van der Waals surface area contributed by atoms with E-state index in [1.54, 1.807) is 25.4 Å². The monoisotopic (exact) mass is 265 g/mol. The van der Waals surface area contributed by atoms with Crippen molar-refractivity contribution < 1.29 is 4.79 Å². The smallest absolute Gasteiger partial charge is 0.263 e. The Morgan fingerprint density at radius 2 is 2.05 bits per heavy atom. The van der Waals surface area contributed by atoms with Crippen LogP contribution in [0.4, 0.5) is 0 Å². The fraction of sp³-hybridized carbons (Fsp3) is 0.571. The molecule has 1 heterocycles. The summed E-state index contributed by atoms with van der Waals surface area (Å²) in [5.74, 6) is 0.114. The summed E-state index contributed by atoms with van der Waals surface area (Å²) >= 11 is 0.